The van der Waals surface area contributed by atoms with Crippen molar-refractivity contribution in [2.24, 2.45) is 0 Å². The first-order valence-corrected chi connectivity index (χ1v) is 9.34. The van der Waals surface area contributed by atoms with Gasteiger partial charge >= 0.3 is 0 Å². The van der Waals surface area contributed by atoms with Crippen molar-refractivity contribution in [2.45, 2.75) is 13.0 Å². The standard InChI is InChI=1S/C24H20N2O3/c1-15(27)16-11-13-18(14-12-16)25-24(29)23(28)21-19-9-5-6-10-20(19)26-22(21)17-7-3-2-4-8-17/h2-15,26-27H,1H3,(H,25,29). The highest BCUT2D eigenvalue weighted by atomic mass is 16.3. The Kier molecular flexibility index (Phi) is 4.97. The number of fused-ring (bicyclic) bond motifs is 1. The van der Waals surface area contributed by atoms with Crippen molar-refractivity contribution in [1.82, 2.24) is 4.98 Å². The van der Waals surface area contributed by atoms with Crippen molar-refractivity contribution in [3.8, 4) is 11.3 Å². The van der Waals surface area contributed by atoms with Gasteiger partial charge in [0, 0.05) is 16.6 Å². The fourth-order valence-electron chi connectivity index (χ4n) is 3.35. The summed E-state index contributed by atoms with van der Waals surface area (Å²) in [6.45, 7) is 1.67. The zero-order valence-corrected chi connectivity index (χ0v) is 15.8. The molecule has 0 bridgehead atoms. The van der Waals surface area contributed by atoms with Crippen molar-refractivity contribution < 1.29 is 14.7 Å². The van der Waals surface area contributed by atoms with Gasteiger partial charge in [-0.1, -0.05) is 60.7 Å². The van der Waals surface area contributed by atoms with Gasteiger partial charge < -0.3 is 15.4 Å². The highest BCUT2D eigenvalue weighted by Crippen LogP contribution is 2.31. The topological polar surface area (TPSA) is 82.2 Å². The number of ketones is 1. The third-order valence-corrected chi connectivity index (χ3v) is 4.85. The van der Waals surface area contributed by atoms with E-state index in [2.05, 4.69) is 10.3 Å². The Labute approximate surface area is 168 Å². The number of nitrogens with one attached hydrogen (secondary N) is 2. The Morgan fingerprint density at radius 2 is 1.55 bits per heavy atom. The van der Waals surface area contributed by atoms with Crippen LogP contribution in [-0.2, 0) is 4.79 Å². The van der Waals surface area contributed by atoms with Crippen LogP contribution in [0.2, 0.25) is 0 Å². The van der Waals surface area contributed by atoms with E-state index in [-0.39, 0.29) is 0 Å². The summed E-state index contributed by atoms with van der Waals surface area (Å²) in [5, 5.41) is 13.0. The number of H-pyrrole nitrogens is 1. The van der Waals surface area contributed by atoms with Crippen molar-refractivity contribution in [3.05, 3.63) is 90.0 Å². The molecule has 0 aliphatic carbocycles. The molecular formula is C24H20N2O3. The molecule has 1 unspecified atom stereocenters. The molecule has 0 fully saturated rings. The average Bonchev–Trinajstić information content (AvgIpc) is 3.13. The second-order valence-corrected chi connectivity index (χ2v) is 6.87. The van der Waals surface area contributed by atoms with Crippen LogP contribution in [0.4, 0.5) is 5.69 Å². The molecule has 0 spiro atoms. The minimum absolute atomic E-state index is 0.352. The van der Waals surface area contributed by atoms with Crippen LogP contribution in [0.5, 0.6) is 0 Å². The summed E-state index contributed by atoms with van der Waals surface area (Å²) in [7, 11) is 0. The van der Waals surface area contributed by atoms with E-state index in [1.807, 2.05) is 54.6 Å². The lowest BCUT2D eigenvalue weighted by atomic mass is 10.0. The molecule has 0 aliphatic heterocycles. The largest absolute Gasteiger partial charge is 0.389 e. The second-order valence-electron chi connectivity index (χ2n) is 6.87. The maximum Gasteiger partial charge on any atom is 0.296 e. The van der Waals surface area contributed by atoms with Gasteiger partial charge in [0.1, 0.15) is 0 Å². The molecule has 1 heterocycles. The normalized spacial score (nSPS) is 11.9. The van der Waals surface area contributed by atoms with E-state index < -0.39 is 17.8 Å². The van der Waals surface area contributed by atoms with Crippen LogP contribution in [0.1, 0.15) is 28.9 Å². The Morgan fingerprint density at radius 3 is 2.24 bits per heavy atom. The fraction of sp³-hybridized carbons (Fsp3) is 0.0833. The number of Topliss-reactive ketones (excluding diaryl/α,β-unsaturated/α-hetero) is 1. The van der Waals surface area contributed by atoms with Crippen LogP contribution in [0.15, 0.2) is 78.9 Å². The predicted octanol–water partition coefficient (Wildman–Crippen LogP) is 4.71. The molecule has 0 saturated carbocycles. The van der Waals surface area contributed by atoms with Crippen LogP contribution in [0, 0.1) is 0 Å². The summed E-state index contributed by atoms with van der Waals surface area (Å²) in [5.74, 6) is -1.32. The SMILES string of the molecule is CC(O)c1ccc(NC(=O)C(=O)c2c(-c3ccccc3)[nH]c3ccccc23)cc1. The van der Waals surface area contributed by atoms with Gasteiger partial charge in [0.15, 0.2) is 0 Å². The fourth-order valence-corrected chi connectivity index (χ4v) is 3.35. The number of carbonyl (C=O) groups excluding carboxylic acids is 2. The number of hydrogen-bond donors (Lipinski definition) is 3. The summed E-state index contributed by atoms with van der Waals surface area (Å²) in [6, 6.07) is 23.7. The zero-order chi connectivity index (χ0) is 20.4. The number of hydrogen-bond acceptors (Lipinski definition) is 3. The number of aliphatic hydroxyl groups is 1. The van der Waals surface area contributed by atoms with E-state index in [9.17, 15) is 14.7 Å². The smallest absolute Gasteiger partial charge is 0.296 e. The highest BCUT2D eigenvalue weighted by Gasteiger charge is 2.25. The lowest BCUT2D eigenvalue weighted by molar-refractivity contribution is -0.112. The molecule has 1 aromatic heterocycles. The van der Waals surface area contributed by atoms with Gasteiger partial charge in [0.25, 0.3) is 11.7 Å². The molecule has 29 heavy (non-hydrogen) atoms. The van der Waals surface area contributed by atoms with E-state index >= 15 is 0 Å². The minimum Gasteiger partial charge on any atom is -0.389 e. The van der Waals surface area contributed by atoms with E-state index in [0.29, 0.717) is 22.3 Å². The zero-order valence-electron chi connectivity index (χ0n) is 15.8. The number of anilines is 1. The number of aromatic amines is 1. The minimum atomic E-state index is -0.711. The summed E-state index contributed by atoms with van der Waals surface area (Å²) >= 11 is 0. The van der Waals surface area contributed by atoms with Gasteiger partial charge in [-0.15, -0.1) is 0 Å². The average molecular weight is 384 g/mol. The van der Waals surface area contributed by atoms with E-state index in [1.54, 1.807) is 31.2 Å². The third-order valence-electron chi connectivity index (χ3n) is 4.85. The quantitative estimate of drug-likeness (QED) is 0.344. The number of carbonyl (C=O) groups is 2. The van der Waals surface area contributed by atoms with E-state index in [1.165, 1.54) is 0 Å². The first-order chi connectivity index (χ1) is 14.0. The first kappa shape index (κ1) is 18.7. The summed E-state index contributed by atoms with van der Waals surface area (Å²) in [4.78, 5) is 29.1. The molecule has 4 rings (SSSR count). The van der Waals surface area contributed by atoms with Crippen molar-refractivity contribution >= 4 is 28.3 Å². The molecule has 1 amide bonds. The number of aromatic nitrogens is 1. The third kappa shape index (κ3) is 3.68. The highest BCUT2D eigenvalue weighted by molar-refractivity contribution is 6.49. The summed E-state index contributed by atoms with van der Waals surface area (Å²) < 4.78 is 0. The van der Waals surface area contributed by atoms with Crippen molar-refractivity contribution in [2.75, 3.05) is 5.32 Å². The summed E-state index contributed by atoms with van der Waals surface area (Å²) in [6.07, 6.45) is -0.596. The lowest BCUT2D eigenvalue weighted by Gasteiger charge is -2.08. The first-order valence-electron chi connectivity index (χ1n) is 9.34. The number of amides is 1. The molecule has 3 N–H and O–H groups in total. The van der Waals surface area contributed by atoms with Crippen LogP contribution < -0.4 is 5.32 Å². The number of rotatable bonds is 5. The van der Waals surface area contributed by atoms with E-state index in [4.69, 9.17) is 0 Å². The maximum atomic E-state index is 13.1. The van der Waals surface area contributed by atoms with Gasteiger partial charge in [-0.25, -0.2) is 0 Å². The Balaban J connectivity index is 1.70. The van der Waals surface area contributed by atoms with Crippen LogP contribution >= 0.6 is 0 Å². The van der Waals surface area contributed by atoms with Crippen LogP contribution in [0.25, 0.3) is 22.2 Å². The molecule has 3 aromatic carbocycles. The van der Waals surface area contributed by atoms with Gasteiger partial charge in [0.05, 0.1) is 17.4 Å². The molecule has 0 saturated heterocycles. The lowest BCUT2D eigenvalue weighted by Crippen LogP contribution is -2.23. The second kappa shape index (κ2) is 7.73. The number of para-hydroxylation sites is 1. The van der Waals surface area contributed by atoms with Gasteiger partial charge in [0.2, 0.25) is 0 Å². The van der Waals surface area contributed by atoms with Crippen LogP contribution in [-0.4, -0.2) is 21.8 Å². The molecule has 0 radical (unpaired) electrons. The van der Waals surface area contributed by atoms with Crippen molar-refractivity contribution in [3.63, 3.8) is 0 Å². The molecule has 5 nitrogen and oxygen atoms in total. The summed E-state index contributed by atoms with van der Waals surface area (Å²) in [5.41, 5.74) is 3.83. The molecule has 5 heteroatoms. The number of benzene rings is 3. The van der Waals surface area contributed by atoms with Crippen LogP contribution in [0.3, 0.4) is 0 Å². The molecule has 1 atom stereocenters. The Hall–Kier alpha value is -3.70. The van der Waals surface area contributed by atoms with Gasteiger partial charge in [-0.05, 0) is 36.2 Å². The molecule has 4 aromatic rings. The van der Waals surface area contributed by atoms with Crippen molar-refractivity contribution in [1.29, 1.82) is 0 Å². The predicted molar refractivity (Wildman–Crippen MR) is 114 cm³/mol. The monoisotopic (exact) mass is 384 g/mol. The Bertz CT molecular complexity index is 1180. The molecule has 144 valence electrons. The van der Waals surface area contributed by atoms with E-state index in [0.717, 1.165) is 16.6 Å². The van der Waals surface area contributed by atoms with Gasteiger partial charge in [-0.3, -0.25) is 9.59 Å². The maximum absolute atomic E-state index is 13.1. The molecular weight excluding hydrogens is 364 g/mol. The molecule has 0 aliphatic rings. The Morgan fingerprint density at radius 1 is 0.897 bits per heavy atom. The van der Waals surface area contributed by atoms with Gasteiger partial charge in [-0.2, -0.15) is 0 Å². The number of aliphatic hydroxyl groups excluding tert-OH is 1.